The Labute approximate surface area is 153 Å². The first-order valence-electron chi connectivity index (χ1n) is 8.72. The fraction of sp³-hybridized carbons (Fsp3) is 0.333. The third-order valence-corrected chi connectivity index (χ3v) is 4.55. The largest absolute Gasteiger partial charge is 0.507 e. The molecule has 5 nitrogen and oxygen atoms in total. The van der Waals surface area contributed by atoms with Gasteiger partial charge in [-0.15, -0.1) is 0 Å². The molecule has 0 amide bonds. The lowest BCUT2D eigenvalue weighted by Crippen LogP contribution is -2.40. The highest BCUT2D eigenvalue weighted by molar-refractivity contribution is 5.85. The summed E-state index contributed by atoms with van der Waals surface area (Å²) in [6, 6.07) is 12.3. The zero-order valence-electron chi connectivity index (χ0n) is 15.3. The molecule has 136 valence electrons. The molecule has 0 aliphatic rings. The van der Waals surface area contributed by atoms with Crippen molar-refractivity contribution in [3.05, 3.63) is 58.7 Å². The van der Waals surface area contributed by atoms with E-state index in [2.05, 4.69) is 5.32 Å². The minimum Gasteiger partial charge on any atom is -0.507 e. The molecule has 0 spiro atoms. The lowest BCUT2D eigenvalue weighted by molar-refractivity contribution is -0.142. The van der Waals surface area contributed by atoms with Crippen molar-refractivity contribution in [2.45, 2.75) is 45.6 Å². The van der Waals surface area contributed by atoms with Crippen LogP contribution in [0.5, 0.6) is 5.75 Å². The molecule has 2 rings (SSSR count). The molecule has 0 saturated heterocycles. The van der Waals surface area contributed by atoms with Gasteiger partial charge in [-0.2, -0.15) is 5.26 Å². The number of aromatic hydroxyl groups is 1. The number of anilines is 1. The Morgan fingerprint density at radius 3 is 2.38 bits per heavy atom. The standard InChI is InChI=1S/C21H24N2O3/c1-4-6-16-11-14(5-2)12-18(19(16)24)21(3,20(25)26)23-17-9-7-15(13-22)8-10-17/h7-12,23-24H,4-6H2,1-3H3,(H,25,26). The molecule has 2 aromatic rings. The summed E-state index contributed by atoms with van der Waals surface area (Å²) in [5.74, 6) is -1.07. The van der Waals surface area contributed by atoms with E-state index in [0.29, 0.717) is 23.2 Å². The van der Waals surface area contributed by atoms with Crippen molar-refractivity contribution in [1.29, 1.82) is 5.26 Å². The Kier molecular flexibility index (Phi) is 5.89. The number of phenols is 1. The molecule has 26 heavy (non-hydrogen) atoms. The summed E-state index contributed by atoms with van der Waals surface area (Å²) in [6.45, 7) is 5.55. The van der Waals surface area contributed by atoms with Crippen molar-refractivity contribution < 1.29 is 15.0 Å². The van der Waals surface area contributed by atoms with Crippen LogP contribution in [0, 0.1) is 11.3 Å². The normalized spacial score (nSPS) is 12.8. The second kappa shape index (κ2) is 7.92. The van der Waals surface area contributed by atoms with Gasteiger partial charge in [-0.25, -0.2) is 4.79 Å². The van der Waals surface area contributed by atoms with E-state index in [-0.39, 0.29) is 5.75 Å². The molecular formula is C21H24N2O3. The average molecular weight is 352 g/mol. The zero-order valence-corrected chi connectivity index (χ0v) is 15.3. The van der Waals surface area contributed by atoms with Gasteiger partial charge < -0.3 is 15.5 Å². The number of carboxylic acids is 1. The highest BCUT2D eigenvalue weighted by Crippen LogP contribution is 2.37. The van der Waals surface area contributed by atoms with Crippen LogP contribution in [0.4, 0.5) is 5.69 Å². The zero-order chi connectivity index (χ0) is 19.3. The molecule has 0 fully saturated rings. The number of aryl methyl sites for hydroxylation is 2. The van der Waals surface area contributed by atoms with Crippen LogP contribution < -0.4 is 5.32 Å². The van der Waals surface area contributed by atoms with E-state index >= 15 is 0 Å². The van der Waals surface area contributed by atoms with Crippen LogP contribution in [0.2, 0.25) is 0 Å². The van der Waals surface area contributed by atoms with Crippen LogP contribution in [0.15, 0.2) is 36.4 Å². The second-order valence-corrected chi connectivity index (χ2v) is 6.50. The summed E-state index contributed by atoms with van der Waals surface area (Å²) < 4.78 is 0. The summed E-state index contributed by atoms with van der Waals surface area (Å²) in [5.41, 5.74) is 1.63. The molecular weight excluding hydrogens is 328 g/mol. The number of rotatable bonds is 7. The topological polar surface area (TPSA) is 93.4 Å². The van der Waals surface area contributed by atoms with E-state index in [1.807, 2.05) is 26.0 Å². The van der Waals surface area contributed by atoms with E-state index in [1.54, 1.807) is 30.3 Å². The molecule has 0 aliphatic heterocycles. The quantitative estimate of drug-likeness (QED) is 0.695. The average Bonchev–Trinajstić information content (AvgIpc) is 2.63. The maximum atomic E-state index is 12.1. The Morgan fingerprint density at radius 1 is 1.23 bits per heavy atom. The predicted molar refractivity (Wildman–Crippen MR) is 101 cm³/mol. The first-order valence-corrected chi connectivity index (χ1v) is 8.72. The molecule has 0 radical (unpaired) electrons. The van der Waals surface area contributed by atoms with Gasteiger partial charge in [0.15, 0.2) is 5.54 Å². The smallest absolute Gasteiger partial charge is 0.333 e. The van der Waals surface area contributed by atoms with E-state index in [1.165, 1.54) is 6.92 Å². The van der Waals surface area contributed by atoms with Crippen molar-refractivity contribution >= 4 is 11.7 Å². The maximum absolute atomic E-state index is 12.1. The highest BCUT2D eigenvalue weighted by atomic mass is 16.4. The predicted octanol–water partition coefficient (Wildman–Crippen LogP) is 4.19. The number of carbonyl (C=O) groups is 1. The van der Waals surface area contributed by atoms with Crippen LogP contribution in [-0.4, -0.2) is 16.2 Å². The molecule has 2 aromatic carbocycles. The first-order chi connectivity index (χ1) is 12.3. The second-order valence-electron chi connectivity index (χ2n) is 6.50. The number of hydrogen-bond acceptors (Lipinski definition) is 4. The number of benzene rings is 2. The summed E-state index contributed by atoms with van der Waals surface area (Å²) in [5, 5.41) is 32.6. The molecule has 0 heterocycles. The fourth-order valence-corrected chi connectivity index (χ4v) is 2.96. The molecule has 0 aromatic heterocycles. The van der Waals surface area contributed by atoms with Crippen molar-refractivity contribution in [2.24, 2.45) is 0 Å². The van der Waals surface area contributed by atoms with Gasteiger partial charge in [0, 0.05) is 11.3 Å². The Morgan fingerprint density at radius 2 is 1.88 bits per heavy atom. The van der Waals surface area contributed by atoms with E-state index < -0.39 is 11.5 Å². The van der Waals surface area contributed by atoms with Crippen molar-refractivity contribution in [1.82, 2.24) is 0 Å². The number of aliphatic carboxylic acids is 1. The molecule has 5 heteroatoms. The van der Waals surface area contributed by atoms with E-state index in [0.717, 1.165) is 24.0 Å². The number of nitriles is 1. The van der Waals surface area contributed by atoms with Gasteiger partial charge in [0.05, 0.1) is 11.6 Å². The number of carboxylic acid groups (broad SMARTS) is 1. The third-order valence-electron chi connectivity index (χ3n) is 4.55. The summed E-state index contributed by atoms with van der Waals surface area (Å²) >= 11 is 0. The van der Waals surface area contributed by atoms with Gasteiger partial charge in [-0.05, 0) is 61.2 Å². The summed E-state index contributed by atoms with van der Waals surface area (Å²) in [6.07, 6.45) is 2.28. The van der Waals surface area contributed by atoms with E-state index in [4.69, 9.17) is 5.26 Å². The van der Waals surface area contributed by atoms with E-state index in [9.17, 15) is 15.0 Å². The first kappa shape index (κ1) is 19.3. The SMILES string of the molecule is CCCc1cc(CC)cc(C(C)(Nc2ccc(C#N)cc2)C(=O)O)c1O. The molecule has 3 N–H and O–H groups in total. The van der Waals surface area contributed by atoms with Crippen LogP contribution in [0.25, 0.3) is 0 Å². The van der Waals surface area contributed by atoms with Crippen molar-refractivity contribution in [3.8, 4) is 11.8 Å². The van der Waals surface area contributed by atoms with Gasteiger partial charge in [0.25, 0.3) is 0 Å². The van der Waals surface area contributed by atoms with Gasteiger partial charge in [0.2, 0.25) is 0 Å². The summed E-state index contributed by atoms with van der Waals surface area (Å²) in [7, 11) is 0. The molecule has 0 aliphatic carbocycles. The monoisotopic (exact) mass is 352 g/mol. The molecule has 0 bridgehead atoms. The van der Waals surface area contributed by atoms with Gasteiger partial charge in [-0.3, -0.25) is 0 Å². The van der Waals surface area contributed by atoms with Gasteiger partial charge in [0.1, 0.15) is 5.75 Å². The number of phenolic OH excluding ortho intramolecular Hbond substituents is 1. The number of hydrogen-bond donors (Lipinski definition) is 3. The Bertz CT molecular complexity index is 838. The van der Waals surface area contributed by atoms with Gasteiger partial charge in [-0.1, -0.05) is 26.3 Å². The lowest BCUT2D eigenvalue weighted by atomic mass is 9.86. The molecule has 1 unspecified atom stereocenters. The van der Waals surface area contributed by atoms with Crippen LogP contribution in [0.3, 0.4) is 0 Å². The minimum absolute atomic E-state index is 0.0232. The Hall–Kier alpha value is -3.00. The number of nitrogens with one attached hydrogen (secondary N) is 1. The van der Waals surface area contributed by atoms with Crippen molar-refractivity contribution in [2.75, 3.05) is 5.32 Å². The van der Waals surface area contributed by atoms with Crippen molar-refractivity contribution in [3.63, 3.8) is 0 Å². The maximum Gasteiger partial charge on any atom is 0.333 e. The van der Waals surface area contributed by atoms with Crippen LogP contribution >= 0.6 is 0 Å². The van der Waals surface area contributed by atoms with Gasteiger partial charge >= 0.3 is 5.97 Å². The lowest BCUT2D eigenvalue weighted by Gasteiger charge is -2.30. The van der Waals surface area contributed by atoms with Crippen LogP contribution in [-0.2, 0) is 23.2 Å². The molecule has 1 atom stereocenters. The number of nitrogens with zero attached hydrogens (tertiary/aromatic N) is 1. The fourth-order valence-electron chi connectivity index (χ4n) is 2.96. The molecule has 0 saturated carbocycles. The highest BCUT2D eigenvalue weighted by Gasteiger charge is 2.38. The Balaban J connectivity index is 2.55. The van der Waals surface area contributed by atoms with Crippen LogP contribution in [0.1, 0.15) is 49.4 Å². The minimum atomic E-state index is -1.51. The summed E-state index contributed by atoms with van der Waals surface area (Å²) in [4.78, 5) is 12.1. The third kappa shape index (κ3) is 3.80.